The fourth-order valence-corrected chi connectivity index (χ4v) is 4.05. The lowest BCUT2D eigenvalue weighted by Crippen LogP contribution is -1.90. The van der Waals surface area contributed by atoms with Crippen molar-refractivity contribution >= 4 is 32.3 Å². The van der Waals surface area contributed by atoms with E-state index in [1.54, 1.807) is 0 Å². The van der Waals surface area contributed by atoms with E-state index in [0.717, 1.165) is 6.07 Å². The van der Waals surface area contributed by atoms with Gasteiger partial charge in [-0.05, 0) is 71.8 Å². The van der Waals surface area contributed by atoms with Crippen LogP contribution in [0.4, 0.5) is 0 Å². The Kier molecular flexibility index (Phi) is 1.87. The van der Waals surface area contributed by atoms with Crippen LogP contribution in [0.5, 0.6) is 0 Å². The number of fused-ring (bicyclic) bond motifs is 3. The predicted molar refractivity (Wildman–Crippen MR) is 155 cm³/mol. The molecule has 0 aliphatic heterocycles. The number of hydrogen-bond acceptors (Lipinski definition) is 0. The molecule has 0 heterocycles. The first kappa shape index (κ1) is 7.91. The summed E-state index contributed by atoms with van der Waals surface area (Å²) in [5.74, 6) is 0. The van der Waals surface area contributed by atoms with Crippen molar-refractivity contribution in [3.8, 4) is 33.4 Å². The van der Waals surface area contributed by atoms with Crippen LogP contribution in [-0.2, 0) is 0 Å². The van der Waals surface area contributed by atoms with Crippen LogP contribution in [0.25, 0.3) is 65.7 Å². The van der Waals surface area contributed by atoms with Crippen LogP contribution >= 0.6 is 0 Å². The van der Waals surface area contributed by atoms with Gasteiger partial charge in [0.15, 0.2) is 0 Å². The van der Waals surface area contributed by atoms with Gasteiger partial charge in [-0.2, -0.15) is 0 Å². The van der Waals surface area contributed by atoms with Crippen molar-refractivity contribution in [2.75, 3.05) is 0 Å². The second-order valence-corrected chi connectivity index (χ2v) is 7.60. The van der Waals surface area contributed by atoms with Crippen molar-refractivity contribution in [1.82, 2.24) is 0 Å². The molecule has 0 aromatic heterocycles. The lowest BCUT2D eigenvalue weighted by Gasteiger charge is -2.18. The highest BCUT2D eigenvalue weighted by atomic mass is 14.2. The third-order valence-electron chi connectivity index (χ3n) is 5.60. The zero-order valence-electron chi connectivity index (χ0n) is 41.1. The largest absolute Gasteiger partial charge is 0.0629 e. The van der Waals surface area contributed by atoms with Gasteiger partial charge in [-0.1, -0.05) is 139 Å². The smallest absolute Gasteiger partial charge is 0.0622 e. The molecule has 0 bridgehead atoms. The van der Waals surface area contributed by atoms with Crippen molar-refractivity contribution in [3.05, 3.63) is 145 Å². The molecule has 0 saturated heterocycles. The molecule has 168 valence electrons. The van der Waals surface area contributed by atoms with Crippen LogP contribution in [0.15, 0.2) is 145 Å². The van der Waals surface area contributed by atoms with E-state index in [-0.39, 0.29) is 10.8 Å². The van der Waals surface area contributed by atoms with Gasteiger partial charge in [0.05, 0.1) is 31.5 Å². The summed E-state index contributed by atoms with van der Waals surface area (Å²) in [4.78, 5) is 0. The van der Waals surface area contributed by atoms with E-state index in [9.17, 15) is 5.48 Å². The summed E-state index contributed by atoms with van der Waals surface area (Å²) in [6, 6.07) is -18.3. The van der Waals surface area contributed by atoms with Crippen molar-refractivity contribution < 1.29 is 31.5 Å². The van der Waals surface area contributed by atoms with E-state index in [0.29, 0.717) is 0 Å². The van der Waals surface area contributed by atoms with Crippen molar-refractivity contribution in [1.29, 1.82) is 0 Å². The normalized spacial score (nSPS) is 20.3. The summed E-state index contributed by atoms with van der Waals surface area (Å²) in [6.07, 6.45) is 0. The predicted octanol–water partition coefficient (Wildman–Crippen LogP) is 10.1. The second kappa shape index (κ2) is 8.52. The minimum Gasteiger partial charge on any atom is -0.0622 e. The summed E-state index contributed by atoms with van der Waals surface area (Å²) >= 11 is 0. The average molecular weight is 480 g/mol. The Morgan fingerprint density at radius 1 is 0.306 bits per heavy atom. The SMILES string of the molecule is [2H]c1c([2H])c([2H])c(-c2c3c([2H])c([2H])c([2H])c([2H])c3c(-c3c([2H])c([2H])c(-c4cc5c([2H])c([2H])c([2H])c([2H])c5c([2H])c4[2H])c([2H])c3[2H])c3c([2H])c([2H])c([2H])c([2H])c23)c([2H])c1[2H]. The average Bonchev–Trinajstić information content (AvgIpc) is 3.20. The fraction of sp³-hybridized carbons (Fsp3) is 0. The first-order valence-electron chi connectivity index (χ1n) is 22.1. The molecule has 7 aromatic carbocycles. The Labute approximate surface area is 243 Å². The fourth-order valence-electron chi connectivity index (χ4n) is 4.05. The summed E-state index contributed by atoms with van der Waals surface area (Å²) in [5, 5.41) is -3.13. The maximum Gasteiger partial charge on any atom is 0.0629 e. The molecule has 0 spiro atoms. The molecule has 0 fully saturated rings. The molecule has 0 radical (unpaired) electrons. The van der Waals surface area contributed by atoms with Crippen LogP contribution in [-0.4, -0.2) is 0 Å². The quantitative estimate of drug-likeness (QED) is 0.221. The molecular formula is C36H24. The Morgan fingerprint density at radius 2 is 0.722 bits per heavy atom. The lowest BCUT2D eigenvalue weighted by atomic mass is 9.86. The topological polar surface area (TPSA) is 0 Å². The van der Waals surface area contributed by atoms with E-state index in [1.807, 2.05) is 0 Å². The summed E-state index contributed by atoms with van der Waals surface area (Å²) in [6.45, 7) is 0. The van der Waals surface area contributed by atoms with Crippen LogP contribution in [0.2, 0.25) is 0 Å². The lowest BCUT2D eigenvalue weighted by molar-refractivity contribution is 1.62. The van der Waals surface area contributed by atoms with Gasteiger partial charge in [0.25, 0.3) is 0 Å². The number of hydrogen-bond donors (Lipinski definition) is 0. The summed E-state index contributed by atoms with van der Waals surface area (Å²) < 4.78 is 201. The van der Waals surface area contributed by atoms with E-state index in [2.05, 4.69) is 0 Å². The Bertz CT molecular complexity index is 2990. The van der Waals surface area contributed by atoms with Crippen LogP contribution in [0, 0.1) is 0 Å². The highest BCUT2D eigenvalue weighted by Crippen LogP contribution is 2.43. The first-order valence-corrected chi connectivity index (χ1v) is 10.6. The van der Waals surface area contributed by atoms with Gasteiger partial charge in [-0.15, -0.1) is 0 Å². The molecule has 0 aliphatic rings. The first-order chi connectivity index (χ1) is 27.4. The van der Waals surface area contributed by atoms with E-state index in [1.165, 1.54) is 0 Å². The second-order valence-electron chi connectivity index (χ2n) is 7.60. The monoisotopic (exact) mass is 479 g/mol. The Hall–Kier alpha value is -4.68. The zero-order chi connectivity index (χ0) is 43.9. The van der Waals surface area contributed by atoms with Crippen LogP contribution in [0.3, 0.4) is 0 Å². The van der Waals surface area contributed by atoms with Gasteiger partial charge < -0.3 is 0 Å². The molecule has 7 rings (SSSR count). The minimum absolute atomic E-state index is 0.264. The van der Waals surface area contributed by atoms with Crippen molar-refractivity contribution in [2.45, 2.75) is 0 Å². The van der Waals surface area contributed by atoms with E-state index >= 15 is 0 Å². The van der Waals surface area contributed by atoms with Gasteiger partial charge in [0.2, 0.25) is 0 Å². The maximum absolute atomic E-state index is 9.31. The van der Waals surface area contributed by atoms with Gasteiger partial charge in [0, 0.05) is 0 Å². The molecule has 0 saturated carbocycles. The number of rotatable bonds is 3. The molecule has 36 heavy (non-hydrogen) atoms. The van der Waals surface area contributed by atoms with Crippen molar-refractivity contribution in [2.24, 2.45) is 0 Å². The molecule has 0 N–H and O–H groups in total. The standard InChI is InChI=1S/C36H24/c1-2-11-27(12-3-1)35-31-14-6-8-16-33(31)36(34-17-9-7-15-32(34)35)28-21-18-26(19-22-28)30-23-20-25-10-4-5-13-29(25)24-30/h1-24H/i1D,2D,3D,4D,5D,6D,7D,8D,9D,10D,11D,12D,13D,14D,15D,16D,17D,18D,19D,20D,21D,22D,23D. The molecule has 7 aromatic rings. The third kappa shape index (κ3) is 3.39. The minimum atomic E-state index is -0.958. The highest BCUT2D eigenvalue weighted by molar-refractivity contribution is 6.21. The molecule has 0 aliphatic carbocycles. The van der Waals surface area contributed by atoms with Crippen LogP contribution < -0.4 is 0 Å². The van der Waals surface area contributed by atoms with Crippen LogP contribution in [0.1, 0.15) is 31.5 Å². The molecule has 0 amide bonds. The molecule has 0 atom stereocenters. The van der Waals surface area contributed by atoms with Crippen molar-refractivity contribution in [3.63, 3.8) is 0 Å². The zero-order valence-corrected chi connectivity index (χ0v) is 18.1. The van der Waals surface area contributed by atoms with Gasteiger partial charge in [-0.3, -0.25) is 0 Å². The molecule has 0 unspecified atom stereocenters. The third-order valence-corrected chi connectivity index (χ3v) is 5.60. The Morgan fingerprint density at radius 3 is 1.31 bits per heavy atom. The number of benzene rings is 7. The highest BCUT2D eigenvalue weighted by Gasteiger charge is 2.16. The Balaban J connectivity index is 1.77. The summed E-state index contributed by atoms with van der Waals surface area (Å²) in [7, 11) is 0. The molecule has 0 heteroatoms. The van der Waals surface area contributed by atoms with Gasteiger partial charge in [0.1, 0.15) is 0 Å². The van der Waals surface area contributed by atoms with Gasteiger partial charge in [-0.25, -0.2) is 0 Å². The van der Waals surface area contributed by atoms with E-state index < -0.39 is 194 Å². The van der Waals surface area contributed by atoms with E-state index in [4.69, 9.17) is 26.0 Å². The molecule has 0 nitrogen and oxygen atoms in total. The summed E-state index contributed by atoms with van der Waals surface area (Å²) in [5.41, 5.74) is -3.73. The van der Waals surface area contributed by atoms with Gasteiger partial charge >= 0.3 is 0 Å². The molecular weight excluding hydrogens is 432 g/mol. The maximum atomic E-state index is 9.31.